The quantitative estimate of drug-likeness (QED) is 0.753. The fraction of sp³-hybridized carbons (Fsp3) is 0.667. The summed E-state index contributed by atoms with van der Waals surface area (Å²) in [6.07, 6.45) is 2.51. The first-order chi connectivity index (χ1) is 12.5. The van der Waals surface area contributed by atoms with Crippen LogP contribution in [-0.4, -0.2) is 68.5 Å². The van der Waals surface area contributed by atoms with Crippen molar-refractivity contribution in [2.45, 2.75) is 43.1 Å². The molecular weight excluding hydrogens is 350 g/mol. The number of aliphatic hydroxyl groups is 1. The van der Waals surface area contributed by atoms with E-state index in [0.29, 0.717) is 12.0 Å². The van der Waals surface area contributed by atoms with Crippen LogP contribution in [0.15, 0.2) is 33.1 Å². The smallest absolute Gasteiger partial charge is 0.198 e. The molecule has 1 unspecified atom stereocenters. The summed E-state index contributed by atoms with van der Waals surface area (Å²) < 4.78 is 7.85. The number of nitrogens with zero attached hydrogens (tertiary/aromatic N) is 5. The van der Waals surface area contributed by atoms with Crippen molar-refractivity contribution >= 4 is 11.8 Å². The van der Waals surface area contributed by atoms with E-state index in [1.165, 1.54) is 11.8 Å². The van der Waals surface area contributed by atoms with E-state index in [2.05, 4.69) is 33.8 Å². The Morgan fingerprint density at radius 1 is 1.35 bits per heavy atom. The summed E-state index contributed by atoms with van der Waals surface area (Å²) in [6.45, 7) is 9.69. The van der Waals surface area contributed by atoms with Gasteiger partial charge in [-0.1, -0.05) is 13.8 Å². The van der Waals surface area contributed by atoms with Gasteiger partial charge >= 0.3 is 0 Å². The summed E-state index contributed by atoms with van der Waals surface area (Å²) in [7, 11) is 1.92. The summed E-state index contributed by atoms with van der Waals surface area (Å²) in [5, 5.41) is 19.0. The van der Waals surface area contributed by atoms with E-state index >= 15 is 0 Å². The van der Waals surface area contributed by atoms with Crippen molar-refractivity contribution in [3.8, 4) is 0 Å². The SMILES string of the molecule is CC(C)CN1CCN(Cc2ccc(Sc3nncn3C)o2)CC1CCO. The van der Waals surface area contributed by atoms with E-state index in [-0.39, 0.29) is 6.61 Å². The molecule has 1 fully saturated rings. The van der Waals surface area contributed by atoms with Crippen LogP contribution in [0.1, 0.15) is 26.0 Å². The number of aryl methyl sites for hydroxylation is 1. The first kappa shape index (κ1) is 19.4. The third kappa shape index (κ3) is 5.09. The fourth-order valence-corrected chi connectivity index (χ4v) is 4.15. The fourth-order valence-electron chi connectivity index (χ4n) is 3.41. The third-order valence-electron chi connectivity index (χ3n) is 4.63. The molecule has 8 heteroatoms. The van der Waals surface area contributed by atoms with Crippen LogP contribution in [0.5, 0.6) is 0 Å². The second-order valence-electron chi connectivity index (χ2n) is 7.34. The van der Waals surface area contributed by atoms with Gasteiger partial charge in [-0.3, -0.25) is 9.80 Å². The number of furan rings is 1. The Morgan fingerprint density at radius 3 is 2.88 bits per heavy atom. The minimum atomic E-state index is 0.242. The largest absolute Gasteiger partial charge is 0.453 e. The Balaban J connectivity index is 1.56. The summed E-state index contributed by atoms with van der Waals surface area (Å²) in [6, 6.07) is 4.45. The van der Waals surface area contributed by atoms with Crippen molar-refractivity contribution in [1.82, 2.24) is 24.6 Å². The minimum absolute atomic E-state index is 0.242. The standard InChI is InChI=1S/C18H29N5O2S/c1-14(2)10-23-8-7-22(11-15(23)6-9-24)12-16-4-5-17(25-16)26-18-20-19-13-21(18)3/h4-5,13-15,24H,6-12H2,1-3H3. The van der Waals surface area contributed by atoms with Crippen molar-refractivity contribution in [2.24, 2.45) is 13.0 Å². The lowest BCUT2D eigenvalue weighted by Gasteiger charge is -2.42. The molecule has 144 valence electrons. The van der Waals surface area contributed by atoms with Gasteiger partial charge in [0.2, 0.25) is 0 Å². The van der Waals surface area contributed by atoms with Gasteiger partial charge in [-0.2, -0.15) is 0 Å². The summed E-state index contributed by atoms with van der Waals surface area (Å²) in [5.41, 5.74) is 0. The van der Waals surface area contributed by atoms with Crippen LogP contribution in [0.3, 0.4) is 0 Å². The summed E-state index contributed by atoms with van der Waals surface area (Å²) in [5.74, 6) is 1.61. The number of hydrogen-bond acceptors (Lipinski definition) is 7. The lowest BCUT2D eigenvalue weighted by Crippen LogP contribution is -2.53. The van der Waals surface area contributed by atoms with Gasteiger partial charge in [0.25, 0.3) is 0 Å². The Kier molecular flexibility index (Phi) is 6.74. The van der Waals surface area contributed by atoms with E-state index in [1.807, 2.05) is 23.7 Å². The van der Waals surface area contributed by atoms with Gasteiger partial charge in [-0.25, -0.2) is 0 Å². The molecule has 0 bridgehead atoms. The molecule has 1 N–H and O–H groups in total. The third-order valence-corrected chi connectivity index (χ3v) is 5.60. The second-order valence-corrected chi connectivity index (χ2v) is 8.31. The molecule has 7 nitrogen and oxygen atoms in total. The van der Waals surface area contributed by atoms with Crippen molar-refractivity contribution in [2.75, 3.05) is 32.8 Å². The highest BCUT2D eigenvalue weighted by Gasteiger charge is 2.27. The lowest BCUT2D eigenvalue weighted by atomic mass is 10.1. The second kappa shape index (κ2) is 9.03. The minimum Gasteiger partial charge on any atom is -0.453 e. The van der Waals surface area contributed by atoms with Crippen LogP contribution in [0.4, 0.5) is 0 Å². The molecule has 0 aliphatic carbocycles. The van der Waals surface area contributed by atoms with Crippen molar-refractivity contribution < 1.29 is 9.52 Å². The molecule has 0 saturated carbocycles. The maximum absolute atomic E-state index is 9.42. The molecule has 0 aromatic carbocycles. The highest BCUT2D eigenvalue weighted by molar-refractivity contribution is 7.99. The molecule has 2 aromatic rings. The molecule has 26 heavy (non-hydrogen) atoms. The molecule has 0 spiro atoms. The van der Waals surface area contributed by atoms with E-state index in [0.717, 1.165) is 55.2 Å². The monoisotopic (exact) mass is 379 g/mol. The van der Waals surface area contributed by atoms with Gasteiger partial charge in [-0.05, 0) is 36.2 Å². The average Bonchev–Trinajstić information content (AvgIpc) is 3.20. The predicted molar refractivity (Wildman–Crippen MR) is 101 cm³/mol. The van der Waals surface area contributed by atoms with Crippen LogP contribution in [-0.2, 0) is 13.6 Å². The first-order valence-corrected chi connectivity index (χ1v) is 10.0. The summed E-state index contributed by atoms with van der Waals surface area (Å²) in [4.78, 5) is 4.95. The highest BCUT2D eigenvalue weighted by Crippen LogP contribution is 2.28. The van der Waals surface area contributed by atoms with Crippen molar-refractivity contribution in [1.29, 1.82) is 0 Å². The molecule has 0 radical (unpaired) electrons. The zero-order chi connectivity index (χ0) is 18.5. The van der Waals surface area contributed by atoms with Crippen LogP contribution >= 0.6 is 11.8 Å². The lowest BCUT2D eigenvalue weighted by molar-refractivity contribution is 0.0442. The Morgan fingerprint density at radius 2 is 2.19 bits per heavy atom. The molecule has 2 aromatic heterocycles. The molecule has 1 atom stereocenters. The molecule has 3 heterocycles. The topological polar surface area (TPSA) is 70.6 Å². The Hall–Kier alpha value is -1.35. The molecule has 1 saturated heterocycles. The van der Waals surface area contributed by atoms with Gasteiger partial charge < -0.3 is 14.1 Å². The van der Waals surface area contributed by atoms with Gasteiger partial charge in [0.05, 0.1) is 6.54 Å². The predicted octanol–water partition coefficient (Wildman–Crippen LogP) is 2.08. The van der Waals surface area contributed by atoms with Gasteiger partial charge in [0.15, 0.2) is 10.2 Å². The number of aromatic nitrogens is 3. The Labute approximate surface area is 159 Å². The maximum Gasteiger partial charge on any atom is 0.198 e. The zero-order valence-electron chi connectivity index (χ0n) is 15.8. The molecule has 1 aliphatic heterocycles. The van der Waals surface area contributed by atoms with Gasteiger partial charge in [-0.15, -0.1) is 10.2 Å². The number of piperazine rings is 1. The molecule has 3 rings (SSSR count). The highest BCUT2D eigenvalue weighted by atomic mass is 32.2. The van der Waals surface area contributed by atoms with Crippen LogP contribution in [0.25, 0.3) is 0 Å². The number of hydrogen-bond donors (Lipinski definition) is 1. The molecule has 0 amide bonds. The molecule has 1 aliphatic rings. The van der Waals surface area contributed by atoms with E-state index in [1.54, 1.807) is 6.33 Å². The van der Waals surface area contributed by atoms with Crippen LogP contribution in [0, 0.1) is 5.92 Å². The van der Waals surface area contributed by atoms with E-state index < -0.39 is 0 Å². The van der Waals surface area contributed by atoms with Gasteiger partial charge in [0.1, 0.15) is 12.1 Å². The molecular formula is C18H29N5O2S. The van der Waals surface area contributed by atoms with Crippen molar-refractivity contribution in [3.05, 3.63) is 24.2 Å². The van der Waals surface area contributed by atoms with E-state index in [4.69, 9.17) is 4.42 Å². The normalized spacial score (nSPS) is 19.5. The number of aliphatic hydroxyl groups excluding tert-OH is 1. The number of rotatable bonds is 8. The average molecular weight is 380 g/mol. The van der Waals surface area contributed by atoms with Crippen molar-refractivity contribution in [3.63, 3.8) is 0 Å². The Bertz CT molecular complexity index is 687. The zero-order valence-corrected chi connectivity index (χ0v) is 16.7. The van der Waals surface area contributed by atoms with Crippen LogP contribution in [0.2, 0.25) is 0 Å². The first-order valence-electron chi connectivity index (χ1n) is 9.23. The van der Waals surface area contributed by atoms with Gasteiger partial charge in [0, 0.05) is 45.9 Å². The van der Waals surface area contributed by atoms with Crippen LogP contribution < -0.4 is 0 Å². The summed E-state index contributed by atoms with van der Waals surface area (Å²) >= 11 is 1.48. The van der Waals surface area contributed by atoms with E-state index in [9.17, 15) is 5.11 Å². The maximum atomic E-state index is 9.42.